The Balaban J connectivity index is 1.79. The molecule has 0 saturated carbocycles. The fourth-order valence-electron chi connectivity index (χ4n) is 3.45. The van der Waals surface area contributed by atoms with Crippen molar-refractivity contribution in [2.24, 2.45) is 11.7 Å². The summed E-state index contributed by atoms with van der Waals surface area (Å²) in [6.45, 7) is 4.32. The van der Waals surface area contributed by atoms with Gasteiger partial charge in [0.15, 0.2) is 5.82 Å². The zero-order valence-corrected chi connectivity index (χ0v) is 11.3. The molecule has 0 amide bonds. The number of aromatic amines is 1. The first-order chi connectivity index (χ1) is 8.78. The van der Waals surface area contributed by atoms with Gasteiger partial charge in [-0.2, -0.15) is 5.10 Å². The van der Waals surface area contributed by atoms with E-state index in [2.05, 4.69) is 22.0 Å². The van der Waals surface area contributed by atoms with E-state index in [-0.39, 0.29) is 0 Å². The highest BCUT2D eigenvalue weighted by Crippen LogP contribution is 2.33. The van der Waals surface area contributed by atoms with Crippen molar-refractivity contribution < 1.29 is 0 Å². The second-order valence-corrected chi connectivity index (χ2v) is 5.90. The Hall–Kier alpha value is -1.03. The summed E-state index contributed by atoms with van der Waals surface area (Å²) < 4.78 is 0. The van der Waals surface area contributed by atoms with Gasteiger partial charge < -0.3 is 10.6 Å². The van der Waals surface area contributed by atoms with Crippen molar-refractivity contribution in [2.75, 3.05) is 18.0 Å². The number of rotatable bonds is 3. The molecule has 1 aliphatic carbocycles. The first-order valence-electron chi connectivity index (χ1n) is 7.34. The van der Waals surface area contributed by atoms with Crippen LogP contribution < -0.4 is 10.6 Å². The van der Waals surface area contributed by atoms with Crippen LogP contribution in [0.5, 0.6) is 0 Å². The minimum Gasteiger partial charge on any atom is -0.353 e. The minimum absolute atomic E-state index is 0.326. The molecule has 1 aliphatic heterocycles. The maximum absolute atomic E-state index is 6.00. The van der Waals surface area contributed by atoms with Crippen LogP contribution in [0.4, 0.5) is 5.82 Å². The number of aromatic nitrogens is 2. The molecule has 2 heterocycles. The average Bonchev–Trinajstić information content (AvgIpc) is 2.95. The Morgan fingerprint density at radius 3 is 3.06 bits per heavy atom. The van der Waals surface area contributed by atoms with E-state index in [0.29, 0.717) is 6.04 Å². The molecule has 0 aromatic carbocycles. The van der Waals surface area contributed by atoms with E-state index in [1.165, 1.54) is 49.2 Å². The van der Waals surface area contributed by atoms with E-state index in [9.17, 15) is 0 Å². The summed E-state index contributed by atoms with van der Waals surface area (Å²) in [5.41, 5.74) is 8.86. The predicted octanol–water partition coefficient (Wildman–Crippen LogP) is 1.85. The van der Waals surface area contributed by atoms with Gasteiger partial charge in [0.1, 0.15) is 0 Å². The third kappa shape index (κ3) is 2.14. The third-order valence-corrected chi connectivity index (χ3v) is 4.45. The fourth-order valence-corrected chi connectivity index (χ4v) is 3.45. The number of fused-ring (bicyclic) bond motifs is 1. The molecule has 1 aromatic heterocycles. The molecular weight excluding hydrogens is 224 g/mol. The van der Waals surface area contributed by atoms with Crippen molar-refractivity contribution >= 4 is 5.82 Å². The Bertz CT molecular complexity index is 412. The summed E-state index contributed by atoms with van der Waals surface area (Å²) in [4.78, 5) is 2.37. The first-order valence-corrected chi connectivity index (χ1v) is 7.34. The summed E-state index contributed by atoms with van der Waals surface area (Å²) in [5.74, 6) is 2.05. The van der Waals surface area contributed by atoms with Crippen molar-refractivity contribution in [1.29, 1.82) is 0 Å². The number of aryl methyl sites for hydroxylation is 1. The van der Waals surface area contributed by atoms with Crippen LogP contribution >= 0.6 is 0 Å². The lowest BCUT2D eigenvalue weighted by Gasteiger charge is -2.24. The molecule has 1 aromatic rings. The van der Waals surface area contributed by atoms with Gasteiger partial charge in [-0.25, -0.2) is 0 Å². The molecule has 100 valence electrons. The number of hydrogen-bond donors (Lipinski definition) is 2. The maximum Gasteiger partial charge on any atom is 0.153 e. The SMILES string of the molecule is CCCC1CCc2[nH]nc(N3CCC(N)C3)c2C1. The van der Waals surface area contributed by atoms with E-state index >= 15 is 0 Å². The van der Waals surface area contributed by atoms with Gasteiger partial charge in [-0.15, -0.1) is 0 Å². The normalized spacial score (nSPS) is 27.6. The summed E-state index contributed by atoms with van der Waals surface area (Å²) >= 11 is 0. The molecule has 4 heteroatoms. The number of nitrogens with two attached hydrogens (primary N) is 1. The van der Waals surface area contributed by atoms with Crippen LogP contribution in [0, 0.1) is 5.92 Å². The largest absolute Gasteiger partial charge is 0.353 e. The first kappa shape index (κ1) is 12.0. The molecule has 0 bridgehead atoms. The molecule has 2 aliphatic rings. The molecule has 3 rings (SSSR count). The quantitative estimate of drug-likeness (QED) is 0.858. The standard InChI is InChI=1S/C14H24N4/c1-2-3-10-4-5-13-12(8-10)14(17-16-13)18-7-6-11(15)9-18/h10-11H,2-9,15H2,1H3,(H,16,17). The van der Waals surface area contributed by atoms with Gasteiger partial charge in [0, 0.05) is 30.4 Å². The predicted molar refractivity (Wildman–Crippen MR) is 73.8 cm³/mol. The van der Waals surface area contributed by atoms with E-state index in [0.717, 1.165) is 25.4 Å². The number of anilines is 1. The smallest absolute Gasteiger partial charge is 0.153 e. The van der Waals surface area contributed by atoms with Crippen molar-refractivity contribution in [3.8, 4) is 0 Å². The Morgan fingerprint density at radius 1 is 1.44 bits per heavy atom. The second kappa shape index (κ2) is 4.92. The molecule has 1 fully saturated rings. The van der Waals surface area contributed by atoms with Gasteiger partial charge in [-0.1, -0.05) is 19.8 Å². The summed E-state index contributed by atoms with van der Waals surface area (Å²) in [5, 5.41) is 7.80. The average molecular weight is 248 g/mol. The van der Waals surface area contributed by atoms with Gasteiger partial charge in [0.2, 0.25) is 0 Å². The lowest BCUT2D eigenvalue weighted by molar-refractivity contribution is 0.421. The molecule has 0 spiro atoms. The Kier molecular flexibility index (Phi) is 3.29. The molecule has 1 saturated heterocycles. The van der Waals surface area contributed by atoms with Gasteiger partial charge in [0.25, 0.3) is 0 Å². The monoisotopic (exact) mass is 248 g/mol. The van der Waals surface area contributed by atoms with Crippen molar-refractivity contribution in [3.63, 3.8) is 0 Å². The van der Waals surface area contributed by atoms with E-state index in [4.69, 9.17) is 5.73 Å². The van der Waals surface area contributed by atoms with Crippen molar-refractivity contribution in [1.82, 2.24) is 10.2 Å². The summed E-state index contributed by atoms with van der Waals surface area (Å²) in [6.07, 6.45) is 7.45. The van der Waals surface area contributed by atoms with E-state index in [1.807, 2.05) is 0 Å². The number of nitrogens with zero attached hydrogens (tertiary/aromatic N) is 2. The maximum atomic E-state index is 6.00. The molecular formula is C14H24N4. The number of nitrogens with one attached hydrogen (secondary N) is 1. The molecule has 2 unspecified atom stereocenters. The molecule has 3 N–H and O–H groups in total. The van der Waals surface area contributed by atoms with E-state index < -0.39 is 0 Å². The Morgan fingerprint density at radius 2 is 2.33 bits per heavy atom. The Labute approximate surface area is 109 Å². The summed E-state index contributed by atoms with van der Waals surface area (Å²) in [6, 6.07) is 0.326. The number of H-pyrrole nitrogens is 1. The topological polar surface area (TPSA) is 57.9 Å². The van der Waals surface area contributed by atoms with Crippen LogP contribution in [0.1, 0.15) is 43.9 Å². The fraction of sp³-hybridized carbons (Fsp3) is 0.786. The highest BCUT2D eigenvalue weighted by atomic mass is 15.3. The van der Waals surface area contributed by atoms with E-state index in [1.54, 1.807) is 0 Å². The lowest BCUT2D eigenvalue weighted by Crippen LogP contribution is -2.27. The van der Waals surface area contributed by atoms with Gasteiger partial charge in [0.05, 0.1) is 0 Å². The lowest BCUT2D eigenvalue weighted by atomic mass is 9.84. The minimum atomic E-state index is 0.326. The van der Waals surface area contributed by atoms with Crippen LogP contribution in [-0.2, 0) is 12.8 Å². The van der Waals surface area contributed by atoms with Gasteiger partial charge in [-0.05, 0) is 31.6 Å². The third-order valence-electron chi connectivity index (χ3n) is 4.45. The highest BCUT2D eigenvalue weighted by molar-refractivity contribution is 5.51. The molecule has 4 nitrogen and oxygen atoms in total. The highest BCUT2D eigenvalue weighted by Gasteiger charge is 2.28. The summed E-state index contributed by atoms with van der Waals surface area (Å²) in [7, 11) is 0. The van der Waals surface area contributed by atoms with Crippen LogP contribution in [0.25, 0.3) is 0 Å². The van der Waals surface area contributed by atoms with Crippen LogP contribution in [0.2, 0.25) is 0 Å². The zero-order chi connectivity index (χ0) is 12.5. The van der Waals surface area contributed by atoms with Crippen molar-refractivity contribution in [2.45, 2.75) is 51.5 Å². The molecule has 0 radical (unpaired) electrons. The van der Waals surface area contributed by atoms with Crippen LogP contribution in [0.3, 0.4) is 0 Å². The van der Waals surface area contributed by atoms with Crippen LogP contribution in [-0.4, -0.2) is 29.3 Å². The second-order valence-electron chi connectivity index (χ2n) is 5.90. The zero-order valence-electron chi connectivity index (χ0n) is 11.3. The van der Waals surface area contributed by atoms with Gasteiger partial charge in [-0.3, -0.25) is 5.10 Å². The molecule has 2 atom stereocenters. The van der Waals surface area contributed by atoms with Crippen molar-refractivity contribution in [3.05, 3.63) is 11.3 Å². The molecule has 18 heavy (non-hydrogen) atoms. The van der Waals surface area contributed by atoms with Gasteiger partial charge >= 0.3 is 0 Å². The van der Waals surface area contributed by atoms with Crippen LogP contribution in [0.15, 0.2) is 0 Å². The number of hydrogen-bond acceptors (Lipinski definition) is 3.